The Labute approximate surface area is 110 Å². The smallest absolute Gasteiger partial charge is 0.226 e. The minimum absolute atomic E-state index is 0.0916. The number of carbonyl (C=O) groups excluding carboxylic acids is 2. The molecule has 0 bridgehead atoms. The molecular weight excluding hydrogens is 228 g/mol. The van der Waals surface area contributed by atoms with Crippen LogP contribution >= 0.6 is 0 Å². The fourth-order valence-electron chi connectivity index (χ4n) is 2.79. The summed E-state index contributed by atoms with van der Waals surface area (Å²) in [5, 5.41) is 0. The molecule has 1 heterocycles. The number of rotatable bonds is 3. The lowest BCUT2D eigenvalue weighted by molar-refractivity contribution is -0.143. The first kappa shape index (κ1) is 15.0. The van der Waals surface area contributed by atoms with Gasteiger partial charge < -0.3 is 9.80 Å². The van der Waals surface area contributed by atoms with Crippen LogP contribution in [-0.4, -0.2) is 47.8 Å². The Hall–Kier alpha value is -1.06. The molecule has 4 nitrogen and oxygen atoms in total. The van der Waals surface area contributed by atoms with E-state index in [1.165, 1.54) is 0 Å². The molecule has 0 aromatic rings. The minimum atomic E-state index is 0.0916. The van der Waals surface area contributed by atoms with Gasteiger partial charge in [-0.05, 0) is 11.8 Å². The zero-order valence-electron chi connectivity index (χ0n) is 12.3. The van der Waals surface area contributed by atoms with Crippen LogP contribution in [0.4, 0.5) is 0 Å². The average Bonchev–Trinajstić information content (AvgIpc) is 2.28. The average molecular weight is 254 g/mol. The monoisotopic (exact) mass is 254 g/mol. The van der Waals surface area contributed by atoms with Crippen molar-refractivity contribution < 1.29 is 9.59 Å². The van der Waals surface area contributed by atoms with Crippen LogP contribution in [0.3, 0.4) is 0 Å². The Bertz CT molecular complexity index is 297. The molecule has 0 radical (unpaired) electrons. The van der Waals surface area contributed by atoms with Crippen LogP contribution in [0.1, 0.15) is 34.6 Å². The Morgan fingerprint density at radius 2 is 1.22 bits per heavy atom. The second-order valence-corrected chi connectivity index (χ2v) is 5.85. The molecule has 0 N–H and O–H groups in total. The van der Waals surface area contributed by atoms with Gasteiger partial charge in [0.2, 0.25) is 11.8 Å². The zero-order chi connectivity index (χ0) is 13.9. The lowest BCUT2D eigenvalue weighted by Crippen LogP contribution is -2.52. The highest BCUT2D eigenvalue weighted by Gasteiger charge is 2.31. The summed E-state index contributed by atoms with van der Waals surface area (Å²) in [4.78, 5) is 27.5. The highest BCUT2D eigenvalue weighted by atomic mass is 16.2. The van der Waals surface area contributed by atoms with Gasteiger partial charge in [0.25, 0.3) is 0 Å². The van der Waals surface area contributed by atoms with Crippen molar-refractivity contribution in [2.24, 2.45) is 17.8 Å². The van der Waals surface area contributed by atoms with Gasteiger partial charge in [-0.15, -0.1) is 0 Å². The molecule has 1 rings (SSSR count). The third-order valence-corrected chi connectivity index (χ3v) is 3.76. The minimum Gasteiger partial charge on any atom is -0.339 e. The number of amides is 2. The molecule has 18 heavy (non-hydrogen) atoms. The fourth-order valence-corrected chi connectivity index (χ4v) is 2.79. The third-order valence-electron chi connectivity index (χ3n) is 3.76. The van der Waals surface area contributed by atoms with Gasteiger partial charge in [-0.2, -0.15) is 0 Å². The van der Waals surface area contributed by atoms with Crippen LogP contribution in [-0.2, 0) is 9.59 Å². The van der Waals surface area contributed by atoms with Crippen LogP contribution in [0.2, 0.25) is 0 Å². The molecule has 0 saturated carbocycles. The third kappa shape index (κ3) is 3.47. The summed E-state index contributed by atoms with van der Waals surface area (Å²) < 4.78 is 0. The summed E-state index contributed by atoms with van der Waals surface area (Å²) in [5.74, 6) is 1.18. The number of piperazine rings is 1. The number of nitrogens with zero attached hydrogens (tertiary/aromatic N) is 2. The maximum absolute atomic E-state index is 12.5. The lowest BCUT2D eigenvalue weighted by atomic mass is 9.84. The molecule has 1 aliphatic rings. The van der Waals surface area contributed by atoms with Gasteiger partial charge in [-0.25, -0.2) is 0 Å². The van der Waals surface area contributed by atoms with Gasteiger partial charge in [0, 0.05) is 39.0 Å². The first-order valence-electron chi connectivity index (χ1n) is 6.89. The van der Waals surface area contributed by atoms with E-state index in [4.69, 9.17) is 0 Å². The number of carbonyl (C=O) groups is 2. The predicted molar refractivity (Wildman–Crippen MR) is 72.0 cm³/mol. The second-order valence-electron chi connectivity index (χ2n) is 5.85. The van der Waals surface area contributed by atoms with E-state index in [1.54, 1.807) is 6.92 Å². The van der Waals surface area contributed by atoms with Gasteiger partial charge >= 0.3 is 0 Å². The molecule has 0 aromatic carbocycles. The van der Waals surface area contributed by atoms with E-state index in [1.807, 2.05) is 9.80 Å². The Kier molecular flexibility index (Phi) is 5.17. The summed E-state index contributed by atoms with van der Waals surface area (Å²) in [5.41, 5.74) is 0. The SMILES string of the molecule is CC(=O)N1CCN(C(=O)C(C(C)C)C(C)C)CC1. The summed E-state index contributed by atoms with van der Waals surface area (Å²) in [6.07, 6.45) is 0. The quantitative estimate of drug-likeness (QED) is 0.767. The highest BCUT2D eigenvalue weighted by molar-refractivity contribution is 5.80. The van der Waals surface area contributed by atoms with Crippen LogP contribution in [0, 0.1) is 17.8 Å². The van der Waals surface area contributed by atoms with Crippen molar-refractivity contribution in [2.75, 3.05) is 26.2 Å². The number of hydrogen-bond acceptors (Lipinski definition) is 2. The van der Waals surface area contributed by atoms with E-state index in [0.717, 1.165) is 0 Å². The van der Waals surface area contributed by atoms with Gasteiger partial charge in [0.05, 0.1) is 0 Å². The molecular formula is C14H26N2O2. The van der Waals surface area contributed by atoms with Crippen LogP contribution in [0.15, 0.2) is 0 Å². The van der Waals surface area contributed by atoms with Crippen LogP contribution in [0.25, 0.3) is 0 Å². The Morgan fingerprint density at radius 1 is 0.833 bits per heavy atom. The molecule has 0 aromatic heterocycles. The molecule has 0 spiro atoms. The van der Waals surface area contributed by atoms with Crippen LogP contribution < -0.4 is 0 Å². The highest BCUT2D eigenvalue weighted by Crippen LogP contribution is 2.23. The van der Waals surface area contributed by atoms with E-state index < -0.39 is 0 Å². The van der Waals surface area contributed by atoms with Crippen molar-refractivity contribution in [3.05, 3.63) is 0 Å². The molecule has 0 unspecified atom stereocenters. The summed E-state index contributed by atoms with van der Waals surface area (Å²) >= 11 is 0. The summed E-state index contributed by atoms with van der Waals surface area (Å²) in [6.45, 7) is 12.7. The standard InChI is InChI=1S/C14H26N2O2/c1-10(2)13(11(3)4)14(18)16-8-6-15(7-9-16)12(5)17/h10-11,13H,6-9H2,1-5H3. The van der Waals surface area contributed by atoms with Crippen molar-refractivity contribution in [2.45, 2.75) is 34.6 Å². The molecule has 1 saturated heterocycles. The van der Waals surface area contributed by atoms with Crippen molar-refractivity contribution in [3.63, 3.8) is 0 Å². The predicted octanol–water partition coefficient (Wildman–Crippen LogP) is 1.61. The van der Waals surface area contributed by atoms with Crippen LogP contribution in [0.5, 0.6) is 0 Å². The first-order chi connectivity index (χ1) is 8.34. The second kappa shape index (κ2) is 6.21. The normalized spacial score (nSPS) is 16.9. The first-order valence-corrected chi connectivity index (χ1v) is 6.89. The molecule has 1 fully saturated rings. The fraction of sp³-hybridized carbons (Fsp3) is 0.857. The molecule has 2 amide bonds. The van der Waals surface area contributed by atoms with E-state index in [9.17, 15) is 9.59 Å². The molecule has 0 atom stereocenters. The largest absolute Gasteiger partial charge is 0.339 e. The Morgan fingerprint density at radius 3 is 1.56 bits per heavy atom. The van der Waals surface area contributed by atoms with Crippen molar-refractivity contribution in [1.29, 1.82) is 0 Å². The van der Waals surface area contributed by atoms with Crippen molar-refractivity contribution in [1.82, 2.24) is 9.80 Å². The van der Waals surface area contributed by atoms with E-state index in [0.29, 0.717) is 38.0 Å². The van der Waals surface area contributed by atoms with E-state index in [-0.39, 0.29) is 17.7 Å². The summed E-state index contributed by atoms with van der Waals surface area (Å²) in [6, 6.07) is 0. The van der Waals surface area contributed by atoms with Gasteiger partial charge in [0.1, 0.15) is 0 Å². The molecule has 104 valence electrons. The van der Waals surface area contributed by atoms with E-state index in [2.05, 4.69) is 27.7 Å². The van der Waals surface area contributed by atoms with Gasteiger partial charge in [0.15, 0.2) is 0 Å². The molecule has 4 heteroatoms. The van der Waals surface area contributed by atoms with E-state index >= 15 is 0 Å². The molecule has 0 aliphatic carbocycles. The van der Waals surface area contributed by atoms with Gasteiger partial charge in [-0.1, -0.05) is 27.7 Å². The maximum atomic E-state index is 12.5. The van der Waals surface area contributed by atoms with Gasteiger partial charge in [-0.3, -0.25) is 9.59 Å². The van der Waals surface area contributed by atoms with Crippen molar-refractivity contribution in [3.8, 4) is 0 Å². The lowest BCUT2D eigenvalue weighted by Gasteiger charge is -2.37. The topological polar surface area (TPSA) is 40.6 Å². The zero-order valence-corrected chi connectivity index (χ0v) is 12.3. The number of hydrogen-bond donors (Lipinski definition) is 0. The maximum Gasteiger partial charge on any atom is 0.226 e. The Balaban J connectivity index is 2.61. The summed E-state index contributed by atoms with van der Waals surface area (Å²) in [7, 11) is 0. The van der Waals surface area contributed by atoms with Crippen molar-refractivity contribution >= 4 is 11.8 Å². The molecule has 1 aliphatic heterocycles.